The highest BCUT2D eigenvalue weighted by atomic mass is 35.5. The fourth-order valence-electron chi connectivity index (χ4n) is 2.57. The van der Waals surface area contributed by atoms with Crippen LogP contribution in [0.1, 0.15) is 18.4 Å². The van der Waals surface area contributed by atoms with E-state index in [2.05, 4.69) is 15.6 Å². The summed E-state index contributed by atoms with van der Waals surface area (Å²) >= 11 is 5.94. The van der Waals surface area contributed by atoms with E-state index in [0.717, 1.165) is 12.3 Å². The van der Waals surface area contributed by atoms with Crippen molar-refractivity contribution in [2.45, 2.75) is 19.0 Å². The normalized spacial score (nSPS) is 15.8. The number of pyridine rings is 1. The number of carbonyl (C=O) groups excluding carboxylic acids is 2. The molecule has 0 saturated carbocycles. The van der Waals surface area contributed by atoms with Crippen LogP contribution in [-0.4, -0.2) is 43.5 Å². The molecule has 6 nitrogen and oxygen atoms in total. The average molecular weight is 379 g/mol. The van der Waals surface area contributed by atoms with Gasteiger partial charge in [-0.05, 0) is 18.9 Å². The summed E-state index contributed by atoms with van der Waals surface area (Å²) in [5, 5.41) is 4.89. The van der Waals surface area contributed by atoms with E-state index in [-0.39, 0.29) is 35.1 Å². The zero-order chi connectivity index (χ0) is 18.6. The van der Waals surface area contributed by atoms with Gasteiger partial charge in [0.05, 0.1) is 17.1 Å². The van der Waals surface area contributed by atoms with Gasteiger partial charge in [0.1, 0.15) is 5.82 Å². The van der Waals surface area contributed by atoms with E-state index in [9.17, 15) is 22.8 Å². The number of alkyl halides is 3. The number of likely N-dealkylation sites (N-methyl/N-ethyl adjacent to an activating group) is 1. The van der Waals surface area contributed by atoms with Crippen LogP contribution in [0.25, 0.3) is 0 Å². The zero-order valence-corrected chi connectivity index (χ0v) is 14.2. The first-order valence-corrected chi connectivity index (χ1v) is 8.06. The van der Waals surface area contributed by atoms with Gasteiger partial charge in [0, 0.05) is 32.3 Å². The third-order valence-corrected chi connectivity index (χ3v) is 4.29. The molecule has 0 spiro atoms. The molecule has 25 heavy (non-hydrogen) atoms. The van der Waals surface area contributed by atoms with Gasteiger partial charge in [0.15, 0.2) is 0 Å². The van der Waals surface area contributed by atoms with E-state index in [0.29, 0.717) is 25.9 Å². The second-order valence-electron chi connectivity index (χ2n) is 5.68. The van der Waals surface area contributed by atoms with Crippen molar-refractivity contribution in [1.82, 2.24) is 15.6 Å². The predicted octanol–water partition coefficient (Wildman–Crippen LogP) is 1.83. The number of aromatic nitrogens is 1. The lowest BCUT2D eigenvalue weighted by Crippen LogP contribution is -2.43. The standard InChI is InChI=1S/C15H18ClF3N4O2/c1-20-12(24)8-22-14(25)9-2-4-23(5-3-9)13-11(16)6-10(7-21-13)15(17,18)19/h6-7,9H,2-5,8H2,1H3,(H,20,24)(H,22,25). The molecule has 10 heteroatoms. The number of hydrogen-bond donors (Lipinski definition) is 2. The molecule has 2 N–H and O–H groups in total. The van der Waals surface area contributed by atoms with Crippen LogP contribution in [0.5, 0.6) is 0 Å². The maximum Gasteiger partial charge on any atom is 0.417 e. The van der Waals surface area contributed by atoms with Crippen molar-refractivity contribution >= 4 is 29.2 Å². The minimum atomic E-state index is -4.50. The topological polar surface area (TPSA) is 74.3 Å². The molecule has 0 atom stereocenters. The molecule has 138 valence electrons. The van der Waals surface area contributed by atoms with Gasteiger partial charge in [0.2, 0.25) is 11.8 Å². The molecule has 2 rings (SSSR count). The molecular weight excluding hydrogens is 361 g/mol. The van der Waals surface area contributed by atoms with E-state index in [1.165, 1.54) is 7.05 Å². The summed E-state index contributed by atoms with van der Waals surface area (Å²) in [6.45, 7) is 0.800. The van der Waals surface area contributed by atoms with E-state index in [1.807, 2.05) is 0 Å². The molecule has 2 amide bonds. The molecule has 0 aliphatic carbocycles. The van der Waals surface area contributed by atoms with Crippen molar-refractivity contribution in [2.24, 2.45) is 5.92 Å². The average Bonchev–Trinajstić information content (AvgIpc) is 2.58. The van der Waals surface area contributed by atoms with Crippen LogP contribution in [-0.2, 0) is 15.8 Å². The third kappa shape index (κ3) is 4.97. The van der Waals surface area contributed by atoms with Gasteiger partial charge in [-0.25, -0.2) is 4.98 Å². The lowest BCUT2D eigenvalue weighted by Gasteiger charge is -2.32. The number of anilines is 1. The summed E-state index contributed by atoms with van der Waals surface area (Å²) in [5.41, 5.74) is -0.898. The quantitative estimate of drug-likeness (QED) is 0.838. The van der Waals surface area contributed by atoms with Gasteiger partial charge in [-0.15, -0.1) is 0 Å². The van der Waals surface area contributed by atoms with E-state index in [4.69, 9.17) is 11.6 Å². The van der Waals surface area contributed by atoms with Crippen LogP contribution >= 0.6 is 11.6 Å². The summed E-state index contributed by atoms with van der Waals surface area (Å²) < 4.78 is 38.0. The molecule has 1 aliphatic rings. The van der Waals surface area contributed by atoms with Crippen LogP contribution < -0.4 is 15.5 Å². The SMILES string of the molecule is CNC(=O)CNC(=O)C1CCN(c2ncc(C(F)(F)F)cc2Cl)CC1. The molecule has 0 aromatic carbocycles. The molecule has 1 saturated heterocycles. The third-order valence-electron chi connectivity index (χ3n) is 4.02. The summed E-state index contributed by atoms with van der Waals surface area (Å²) in [5.74, 6) is -0.478. The van der Waals surface area contributed by atoms with Crippen molar-refractivity contribution in [2.75, 3.05) is 31.6 Å². The first kappa shape index (κ1) is 19.3. The molecule has 0 unspecified atom stereocenters. The first-order chi connectivity index (χ1) is 11.7. The molecule has 1 aliphatic heterocycles. The smallest absolute Gasteiger partial charge is 0.358 e. The van der Waals surface area contributed by atoms with Gasteiger partial charge in [0.25, 0.3) is 0 Å². The van der Waals surface area contributed by atoms with E-state index < -0.39 is 11.7 Å². The van der Waals surface area contributed by atoms with Crippen LogP contribution in [0.4, 0.5) is 19.0 Å². The summed E-state index contributed by atoms with van der Waals surface area (Å²) in [6.07, 6.45) is -2.74. The molecular formula is C15H18ClF3N4O2. The minimum absolute atomic E-state index is 0.0719. The Morgan fingerprint density at radius 3 is 2.52 bits per heavy atom. The highest BCUT2D eigenvalue weighted by Gasteiger charge is 2.33. The Morgan fingerprint density at radius 2 is 2.00 bits per heavy atom. The van der Waals surface area contributed by atoms with Crippen molar-refractivity contribution in [3.63, 3.8) is 0 Å². The van der Waals surface area contributed by atoms with E-state index in [1.54, 1.807) is 4.90 Å². The zero-order valence-electron chi connectivity index (χ0n) is 13.5. The Kier molecular flexibility index (Phi) is 6.10. The molecule has 2 heterocycles. The minimum Gasteiger partial charge on any atom is -0.358 e. The number of rotatable bonds is 4. The number of amides is 2. The van der Waals surface area contributed by atoms with Crippen molar-refractivity contribution in [3.8, 4) is 0 Å². The van der Waals surface area contributed by atoms with Crippen LogP contribution in [0.15, 0.2) is 12.3 Å². The van der Waals surface area contributed by atoms with Crippen molar-refractivity contribution in [3.05, 3.63) is 22.8 Å². The number of hydrogen-bond acceptors (Lipinski definition) is 4. The summed E-state index contributed by atoms with van der Waals surface area (Å²) in [7, 11) is 1.48. The van der Waals surface area contributed by atoms with Gasteiger partial charge in [-0.3, -0.25) is 9.59 Å². The Bertz CT molecular complexity index is 646. The molecule has 0 radical (unpaired) electrons. The summed E-state index contributed by atoms with van der Waals surface area (Å²) in [6, 6.07) is 0.853. The lowest BCUT2D eigenvalue weighted by molar-refractivity contribution is -0.137. The molecule has 0 bridgehead atoms. The van der Waals surface area contributed by atoms with Gasteiger partial charge >= 0.3 is 6.18 Å². The molecule has 1 aromatic rings. The van der Waals surface area contributed by atoms with E-state index >= 15 is 0 Å². The van der Waals surface area contributed by atoms with Gasteiger partial charge in [-0.1, -0.05) is 11.6 Å². The number of nitrogens with zero attached hydrogens (tertiary/aromatic N) is 2. The van der Waals surface area contributed by atoms with Gasteiger partial charge in [-0.2, -0.15) is 13.2 Å². The monoisotopic (exact) mass is 378 g/mol. The number of halogens is 4. The Labute approximate surface area is 147 Å². The molecule has 1 fully saturated rings. The Hall–Kier alpha value is -2.03. The van der Waals surface area contributed by atoms with Crippen molar-refractivity contribution < 1.29 is 22.8 Å². The Balaban J connectivity index is 1.94. The van der Waals surface area contributed by atoms with Crippen LogP contribution in [0, 0.1) is 5.92 Å². The second-order valence-corrected chi connectivity index (χ2v) is 6.09. The largest absolute Gasteiger partial charge is 0.417 e. The maximum atomic E-state index is 12.7. The lowest BCUT2D eigenvalue weighted by atomic mass is 9.96. The highest BCUT2D eigenvalue weighted by molar-refractivity contribution is 6.33. The van der Waals surface area contributed by atoms with Gasteiger partial charge < -0.3 is 15.5 Å². The summed E-state index contributed by atoms with van der Waals surface area (Å²) in [4.78, 5) is 28.7. The Morgan fingerprint density at radius 1 is 1.36 bits per heavy atom. The fourth-order valence-corrected chi connectivity index (χ4v) is 2.86. The number of piperidine rings is 1. The second kappa shape index (κ2) is 7.90. The van der Waals surface area contributed by atoms with Crippen LogP contribution in [0.3, 0.4) is 0 Å². The predicted molar refractivity (Wildman–Crippen MR) is 86.3 cm³/mol. The maximum absolute atomic E-state index is 12.7. The molecule has 1 aromatic heterocycles. The van der Waals surface area contributed by atoms with Crippen molar-refractivity contribution in [1.29, 1.82) is 0 Å². The fraction of sp³-hybridized carbons (Fsp3) is 0.533. The first-order valence-electron chi connectivity index (χ1n) is 7.68. The van der Waals surface area contributed by atoms with Crippen LogP contribution in [0.2, 0.25) is 5.02 Å². The number of nitrogens with one attached hydrogen (secondary N) is 2. The number of carbonyl (C=O) groups is 2. The highest BCUT2D eigenvalue weighted by Crippen LogP contribution is 2.34.